The van der Waals surface area contributed by atoms with Crippen LogP contribution in [0.5, 0.6) is 0 Å². The van der Waals surface area contributed by atoms with Crippen LogP contribution in [-0.4, -0.2) is 75.3 Å². The number of halogens is 1. The molecule has 2 rings (SSSR count). The van der Waals surface area contributed by atoms with E-state index in [-0.39, 0.29) is 5.84 Å². The summed E-state index contributed by atoms with van der Waals surface area (Å²) in [5.74, 6) is -0.203. The van der Waals surface area contributed by atoms with Gasteiger partial charge >= 0.3 is 0 Å². The van der Waals surface area contributed by atoms with Crippen molar-refractivity contribution in [3.05, 3.63) is 11.6 Å². The van der Waals surface area contributed by atoms with Crippen LogP contribution in [0.3, 0.4) is 0 Å². The molecule has 108 valence electrons. The second-order valence-corrected chi connectivity index (χ2v) is 4.46. The Bertz CT molecular complexity index is 350. The molecule has 0 unspecified atom stereocenters. The maximum atomic E-state index is 14.5. The minimum absolute atomic E-state index is 0.0702. The lowest BCUT2D eigenvalue weighted by Crippen LogP contribution is -2.44. The van der Waals surface area contributed by atoms with E-state index >= 15 is 0 Å². The number of rotatable bonds is 3. The molecule has 19 heavy (non-hydrogen) atoms. The second kappa shape index (κ2) is 6.72. The minimum atomic E-state index is -0.508. The molecular weight excluding hydrogens is 251 g/mol. The standard InChI is InChI=1S/C12H21FN4O2/c1-15-12(17-4-8-19-9-5-17)10(13)11(14)16-2-6-18-7-3-16/h14-15H,2-9H2,1H3/b12-10-,14-11?. The molecule has 2 N–H and O–H groups in total. The van der Waals surface area contributed by atoms with Crippen LogP contribution in [0.25, 0.3) is 0 Å². The molecule has 0 aromatic rings. The summed E-state index contributed by atoms with van der Waals surface area (Å²) in [6.45, 7) is 4.66. The van der Waals surface area contributed by atoms with Crippen LogP contribution in [0.2, 0.25) is 0 Å². The Morgan fingerprint density at radius 2 is 1.47 bits per heavy atom. The highest BCUT2D eigenvalue weighted by Gasteiger charge is 2.24. The van der Waals surface area contributed by atoms with Crippen molar-refractivity contribution in [1.29, 1.82) is 5.41 Å². The summed E-state index contributed by atoms with van der Waals surface area (Å²) in [5, 5.41) is 10.8. The van der Waals surface area contributed by atoms with Crippen molar-refractivity contribution in [3.63, 3.8) is 0 Å². The Labute approximate surface area is 112 Å². The summed E-state index contributed by atoms with van der Waals surface area (Å²) in [4.78, 5) is 3.59. The lowest BCUT2D eigenvalue weighted by Gasteiger charge is -2.33. The van der Waals surface area contributed by atoms with Crippen molar-refractivity contribution in [1.82, 2.24) is 15.1 Å². The summed E-state index contributed by atoms with van der Waals surface area (Å²) in [6, 6.07) is 0. The van der Waals surface area contributed by atoms with Gasteiger partial charge in [-0.3, -0.25) is 5.41 Å². The minimum Gasteiger partial charge on any atom is -0.378 e. The molecule has 0 aromatic heterocycles. The van der Waals surface area contributed by atoms with Gasteiger partial charge in [-0.15, -0.1) is 0 Å². The number of amidine groups is 1. The van der Waals surface area contributed by atoms with Crippen LogP contribution in [0, 0.1) is 5.41 Å². The summed E-state index contributed by atoms with van der Waals surface area (Å²) >= 11 is 0. The fraction of sp³-hybridized carbons (Fsp3) is 0.750. The van der Waals surface area contributed by atoms with Crippen LogP contribution >= 0.6 is 0 Å². The van der Waals surface area contributed by atoms with Crippen molar-refractivity contribution in [2.45, 2.75) is 0 Å². The molecule has 0 amide bonds. The van der Waals surface area contributed by atoms with E-state index in [9.17, 15) is 4.39 Å². The molecule has 0 aromatic carbocycles. The largest absolute Gasteiger partial charge is 0.378 e. The van der Waals surface area contributed by atoms with Crippen molar-refractivity contribution < 1.29 is 13.9 Å². The third-order valence-corrected chi connectivity index (χ3v) is 3.31. The first-order valence-electron chi connectivity index (χ1n) is 6.56. The number of hydrogen-bond acceptors (Lipinski definition) is 5. The van der Waals surface area contributed by atoms with Crippen molar-refractivity contribution in [2.24, 2.45) is 0 Å². The monoisotopic (exact) mass is 272 g/mol. The molecule has 0 spiro atoms. The molecule has 7 heteroatoms. The molecule has 2 saturated heterocycles. The average molecular weight is 272 g/mol. The van der Waals surface area contributed by atoms with E-state index in [2.05, 4.69) is 5.32 Å². The zero-order valence-electron chi connectivity index (χ0n) is 11.2. The Morgan fingerprint density at radius 1 is 1.00 bits per heavy atom. The van der Waals surface area contributed by atoms with Gasteiger partial charge in [0.15, 0.2) is 5.84 Å². The van der Waals surface area contributed by atoms with Gasteiger partial charge in [0.25, 0.3) is 0 Å². The van der Waals surface area contributed by atoms with Gasteiger partial charge in [-0.2, -0.15) is 4.39 Å². The summed E-state index contributed by atoms with van der Waals surface area (Å²) in [5.41, 5.74) is 0. The second-order valence-electron chi connectivity index (χ2n) is 4.46. The Morgan fingerprint density at radius 3 is 1.95 bits per heavy atom. The first-order valence-corrected chi connectivity index (χ1v) is 6.56. The molecule has 2 aliphatic heterocycles. The summed E-state index contributed by atoms with van der Waals surface area (Å²) in [6.07, 6.45) is 0. The van der Waals surface area contributed by atoms with Gasteiger partial charge < -0.3 is 24.6 Å². The van der Waals surface area contributed by atoms with Gasteiger partial charge in [-0.25, -0.2) is 0 Å². The third kappa shape index (κ3) is 3.36. The van der Waals surface area contributed by atoms with Crippen molar-refractivity contribution in [3.8, 4) is 0 Å². The molecule has 0 saturated carbocycles. The Hall–Kier alpha value is -1.34. The first kappa shape index (κ1) is 14.1. The van der Waals surface area contributed by atoms with Gasteiger partial charge in [0.1, 0.15) is 5.82 Å². The molecule has 0 atom stereocenters. The maximum Gasteiger partial charge on any atom is 0.204 e. The number of ether oxygens (including phenoxy) is 2. The van der Waals surface area contributed by atoms with Crippen LogP contribution in [0.1, 0.15) is 0 Å². The molecule has 0 bridgehead atoms. The lowest BCUT2D eigenvalue weighted by molar-refractivity contribution is 0.0492. The van der Waals surface area contributed by atoms with Gasteiger partial charge in [-0.05, 0) is 0 Å². The van der Waals surface area contributed by atoms with Gasteiger partial charge in [0, 0.05) is 33.2 Å². The predicted molar refractivity (Wildman–Crippen MR) is 69.7 cm³/mol. The molecule has 6 nitrogen and oxygen atoms in total. The highest BCUT2D eigenvalue weighted by atomic mass is 19.1. The van der Waals surface area contributed by atoms with E-state index in [1.54, 1.807) is 11.9 Å². The van der Waals surface area contributed by atoms with E-state index < -0.39 is 5.83 Å². The topological polar surface area (TPSA) is 60.8 Å². The van der Waals surface area contributed by atoms with Crippen LogP contribution in [0.4, 0.5) is 4.39 Å². The molecule has 0 radical (unpaired) electrons. The summed E-state index contributed by atoms with van der Waals surface area (Å²) in [7, 11) is 1.68. The quantitative estimate of drug-likeness (QED) is 0.559. The molecule has 2 heterocycles. The van der Waals surface area contributed by atoms with E-state index in [4.69, 9.17) is 14.9 Å². The zero-order valence-corrected chi connectivity index (χ0v) is 11.2. The SMILES string of the molecule is CN/C(=C(/F)C(=N)N1CCOCC1)N1CCOCC1. The van der Waals surface area contributed by atoms with Gasteiger partial charge in [0.2, 0.25) is 5.83 Å². The van der Waals surface area contributed by atoms with Crippen molar-refractivity contribution in [2.75, 3.05) is 59.7 Å². The fourth-order valence-electron chi connectivity index (χ4n) is 2.23. The van der Waals surface area contributed by atoms with Gasteiger partial charge in [0.05, 0.1) is 26.4 Å². The van der Waals surface area contributed by atoms with Crippen LogP contribution < -0.4 is 5.32 Å². The number of nitrogens with zero attached hydrogens (tertiary/aromatic N) is 2. The summed E-state index contributed by atoms with van der Waals surface area (Å²) < 4.78 is 24.9. The molecule has 2 aliphatic rings. The van der Waals surface area contributed by atoms with Crippen LogP contribution in [-0.2, 0) is 9.47 Å². The number of nitrogens with one attached hydrogen (secondary N) is 2. The fourth-order valence-corrected chi connectivity index (χ4v) is 2.23. The normalized spacial score (nSPS) is 22.0. The average Bonchev–Trinajstić information content (AvgIpc) is 2.49. The van der Waals surface area contributed by atoms with Crippen LogP contribution in [0.15, 0.2) is 11.6 Å². The van der Waals surface area contributed by atoms with E-state index in [0.29, 0.717) is 58.4 Å². The third-order valence-electron chi connectivity index (χ3n) is 3.31. The van der Waals surface area contributed by atoms with Crippen molar-refractivity contribution >= 4 is 5.84 Å². The molecule has 0 aliphatic carbocycles. The van der Waals surface area contributed by atoms with Gasteiger partial charge in [-0.1, -0.05) is 0 Å². The number of hydrogen-bond donors (Lipinski definition) is 2. The van der Waals surface area contributed by atoms with E-state index in [0.717, 1.165) is 0 Å². The maximum absolute atomic E-state index is 14.5. The lowest BCUT2D eigenvalue weighted by atomic mass is 10.3. The smallest absolute Gasteiger partial charge is 0.204 e. The first-order chi connectivity index (χ1) is 9.24. The molecule has 2 fully saturated rings. The predicted octanol–water partition coefficient (Wildman–Crippen LogP) is -0.0139. The van der Waals surface area contributed by atoms with E-state index in [1.165, 1.54) is 0 Å². The zero-order chi connectivity index (χ0) is 13.7. The van der Waals surface area contributed by atoms with E-state index in [1.807, 2.05) is 4.90 Å². The highest BCUT2D eigenvalue weighted by molar-refractivity contribution is 5.94. The highest BCUT2D eigenvalue weighted by Crippen LogP contribution is 2.15. The Balaban J connectivity index is 2.09. The Kier molecular flexibility index (Phi) is 4.98. The number of morpholine rings is 2. The molecular formula is C12H21FN4O2.